The zero-order valence-corrected chi connectivity index (χ0v) is 17.7. The van der Waals surface area contributed by atoms with E-state index in [1.807, 2.05) is 32.0 Å². The molecule has 0 aromatic heterocycles. The van der Waals surface area contributed by atoms with Crippen molar-refractivity contribution in [3.05, 3.63) is 57.6 Å². The van der Waals surface area contributed by atoms with Crippen molar-refractivity contribution in [2.45, 2.75) is 26.7 Å². The topological polar surface area (TPSA) is 66.5 Å². The lowest BCUT2D eigenvalue weighted by molar-refractivity contribution is -0.116. The first-order valence-corrected chi connectivity index (χ1v) is 11.0. The molecule has 0 radical (unpaired) electrons. The van der Waals surface area contributed by atoms with Crippen molar-refractivity contribution in [1.29, 1.82) is 0 Å². The lowest BCUT2D eigenvalue weighted by Gasteiger charge is -2.23. The molecule has 27 heavy (non-hydrogen) atoms. The maximum Gasteiger partial charge on any atom is 0.232 e. The third-order valence-corrected chi connectivity index (χ3v) is 5.80. The highest BCUT2D eigenvalue weighted by atomic mass is 35.5. The Morgan fingerprint density at radius 3 is 2.22 bits per heavy atom. The number of hydrogen-bond donors (Lipinski definition) is 1. The minimum atomic E-state index is -3.45. The number of hydrogen-bond acceptors (Lipinski definition) is 3. The van der Waals surface area contributed by atoms with E-state index in [0.29, 0.717) is 27.8 Å². The lowest BCUT2D eigenvalue weighted by Crippen LogP contribution is -2.31. The summed E-state index contributed by atoms with van der Waals surface area (Å²) in [6, 6.07) is 10.5. The highest BCUT2D eigenvalue weighted by molar-refractivity contribution is 7.92. The molecule has 8 heteroatoms. The third kappa shape index (κ3) is 6.41. The molecule has 0 unspecified atom stereocenters. The molecule has 0 spiro atoms. The summed E-state index contributed by atoms with van der Waals surface area (Å²) in [5.74, 6) is -0.220. The van der Waals surface area contributed by atoms with E-state index in [1.165, 1.54) is 10.6 Å². The zero-order chi connectivity index (χ0) is 20.2. The minimum Gasteiger partial charge on any atom is -0.326 e. The standard InChI is InChI=1S/C19H22Cl2N2O3S/c1-13-9-14(2)11-16(10-13)23(27(3,25)26)8-4-5-19(24)22-15-6-7-17(20)18(21)12-15/h6-7,9-12H,4-5,8H2,1-3H3,(H,22,24). The second-order valence-corrected chi connectivity index (χ2v) is 9.18. The van der Waals surface area contributed by atoms with Crippen LogP contribution in [0.25, 0.3) is 0 Å². The number of carbonyl (C=O) groups is 1. The first-order chi connectivity index (χ1) is 12.6. The largest absolute Gasteiger partial charge is 0.326 e. The molecule has 0 aliphatic carbocycles. The smallest absolute Gasteiger partial charge is 0.232 e. The molecule has 0 saturated heterocycles. The van der Waals surface area contributed by atoms with Gasteiger partial charge in [0.25, 0.3) is 0 Å². The van der Waals surface area contributed by atoms with Crippen LogP contribution in [0.2, 0.25) is 10.0 Å². The fourth-order valence-electron chi connectivity index (χ4n) is 2.76. The predicted molar refractivity (Wildman–Crippen MR) is 112 cm³/mol. The molecule has 0 heterocycles. The molecule has 0 aliphatic heterocycles. The van der Waals surface area contributed by atoms with Crippen LogP contribution in [-0.4, -0.2) is 27.1 Å². The molecule has 0 bridgehead atoms. The molecule has 5 nitrogen and oxygen atoms in total. The Hall–Kier alpha value is -1.76. The number of nitrogens with zero attached hydrogens (tertiary/aromatic N) is 1. The Balaban J connectivity index is 2.01. The fraction of sp³-hybridized carbons (Fsp3) is 0.316. The molecule has 2 aromatic rings. The van der Waals surface area contributed by atoms with Crippen molar-refractivity contribution in [2.75, 3.05) is 22.4 Å². The maximum absolute atomic E-state index is 12.2. The van der Waals surface area contributed by atoms with Gasteiger partial charge in [-0.1, -0.05) is 29.3 Å². The summed E-state index contributed by atoms with van der Waals surface area (Å²) < 4.78 is 25.7. The number of sulfonamides is 1. The Morgan fingerprint density at radius 2 is 1.67 bits per heavy atom. The van der Waals surface area contributed by atoms with Gasteiger partial charge in [-0.25, -0.2) is 8.42 Å². The Kier molecular flexibility index (Phi) is 7.14. The van der Waals surface area contributed by atoms with E-state index in [9.17, 15) is 13.2 Å². The summed E-state index contributed by atoms with van der Waals surface area (Å²) in [7, 11) is -3.45. The van der Waals surface area contributed by atoms with Crippen LogP contribution >= 0.6 is 23.2 Å². The molecule has 0 saturated carbocycles. The van der Waals surface area contributed by atoms with Crippen LogP contribution in [0.4, 0.5) is 11.4 Å². The van der Waals surface area contributed by atoms with Crippen molar-refractivity contribution >= 4 is 50.5 Å². The molecule has 1 N–H and O–H groups in total. The van der Waals surface area contributed by atoms with Crippen LogP contribution < -0.4 is 9.62 Å². The molecular formula is C19H22Cl2N2O3S. The van der Waals surface area contributed by atoms with Crippen molar-refractivity contribution in [3.8, 4) is 0 Å². The van der Waals surface area contributed by atoms with Crippen LogP contribution in [0, 0.1) is 13.8 Å². The van der Waals surface area contributed by atoms with Crippen LogP contribution in [-0.2, 0) is 14.8 Å². The minimum absolute atomic E-state index is 0.178. The van der Waals surface area contributed by atoms with Gasteiger partial charge >= 0.3 is 0 Å². The van der Waals surface area contributed by atoms with E-state index in [1.54, 1.807) is 18.2 Å². The van der Waals surface area contributed by atoms with Gasteiger partial charge in [-0.3, -0.25) is 9.10 Å². The van der Waals surface area contributed by atoms with Crippen LogP contribution in [0.15, 0.2) is 36.4 Å². The first kappa shape index (κ1) is 21.5. The van der Waals surface area contributed by atoms with Crippen molar-refractivity contribution < 1.29 is 13.2 Å². The molecule has 1 amide bonds. The monoisotopic (exact) mass is 428 g/mol. The molecule has 2 aromatic carbocycles. The SMILES string of the molecule is Cc1cc(C)cc(N(CCCC(=O)Nc2ccc(Cl)c(Cl)c2)S(C)(=O)=O)c1. The van der Waals surface area contributed by atoms with Gasteiger partial charge < -0.3 is 5.32 Å². The van der Waals surface area contributed by atoms with Crippen molar-refractivity contribution in [1.82, 2.24) is 0 Å². The number of anilines is 2. The molecule has 2 rings (SSSR count). The molecule has 146 valence electrons. The fourth-order valence-corrected chi connectivity index (χ4v) is 4.01. The average Bonchev–Trinajstić information content (AvgIpc) is 2.53. The summed E-state index contributed by atoms with van der Waals surface area (Å²) in [5, 5.41) is 3.49. The molecule has 0 fully saturated rings. The van der Waals surface area contributed by atoms with Crippen LogP contribution in [0.5, 0.6) is 0 Å². The van der Waals surface area contributed by atoms with Crippen molar-refractivity contribution in [2.24, 2.45) is 0 Å². The van der Waals surface area contributed by atoms with Gasteiger partial charge in [0.1, 0.15) is 0 Å². The highest BCUT2D eigenvalue weighted by Gasteiger charge is 2.18. The lowest BCUT2D eigenvalue weighted by atomic mass is 10.1. The maximum atomic E-state index is 12.2. The van der Waals surface area contributed by atoms with Gasteiger partial charge in [0.15, 0.2) is 0 Å². The summed E-state index contributed by atoms with van der Waals surface area (Å²) in [6.45, 7) is 4.06. The van der Waals surface area contributed by atoms with Gasteiger partial charge in [0.2, 0.25) is 15.9 Å². The second kappa shape index (κ2) is 8.95. The van der Waals surface area contributed by atoms with Gasteiger partial charge in [0, 0.05) is 18.7 Å². The number of carbonyl (C=O) groups excluding carboxylic acids is 1. The number of aryl methyl sites for hydroxylation is 2. The zero-order valence-electron chi connectivity index (χ0n) is 15.4. The van der Waals surface area contributed by atoms with Gasteiger partial charge in [-0.2, -0.15) is 0 Å². The number of halogens is 2. The summed E-state index contributed by atoms with van der Waals surface area (Å²) in [6.07, 6.45) is 1.73. The van der Waals surface area contributed by atoms with E-state index in [0.717, 1.165) is 11.1 Å². The van der Waals surface area contributed by atoms with E-state index >= 15 is 0 Å². The Bertz CT molecular complexity index is 926. The number of amides is 1. The van der Waals surface area contributed by atoms with E-state index < -0.39 is 10.0 Å². The number of benzene rings is 2. The summed E-state index contributed by atoms with van der Waals surface area (Å²) in [5.41, 5.74) is 3.12. The quantitative estimate of drug-likeness (QED) is 0.688. The first-order valence-electron chi connectivity index (χ1n) is 8.37. The van der Waals surface area contributed by atoms with Crippen molar-refractivity contribution in [3.63, 3.8) is 0 Å². The Labute approximate surface area is 170 Å². The van der Waals surface area contributed by atoms with E-state index in [2.05, 4.69) is 5.32 Å². The van der Waals surface area contributed by atoms with Gasteiger partial charge in [0.05, 0.1) is 22.0 Å². The van der Waals surface area contributed by atoms with E-state index in [4.69, 9.17) is 23.2 Å². The molecule has 0 atom stereocenters. The third-order valence-electron chi connectivity index (χ3n) is 3.86. The molecular weight excluding hydrogens is 407 g/mol. The summed E-state index contributed by atoms with van der Waals surface area (Å²) >= 11 is 11.8. The highest BCUT2D eigenvalue weighted by Crippen LogP contribution is 2.25. The second-order valence-electron chi connectivity index (χ2n) is 6.46. The van der Waals surface area contributed by atoms with Crippen LogP contribution in [0.1, 0.15) is 24.0 Å². The Morgan fingerprint density at radius 1 is 1.04 bits per heavy atom. The van der Waals surface area contributed by atoms with E-state index in [-0.39, 0.29) is 18.9 Å². The predicted octanol–water partition coefficient (Wildman–Crippen LogP) is 4.80. The molecule has 0 aliphatic rings. The van der Waals surface area contributed by atoms with Gasteiger partial charge in [-0.05, 0) is 61.7 Å². The normalized spacial score (nSPS) is 11.3. The van der Waals surface area contributed by atoms with Crippen LogP contribution in [0.3, 0.4) is 0 Å². The summed E-state index contributed by atoms with van der Waals surface area (Å²) in [4.78, 5) is 12.1. The number of rotatable bonds is 7. The number of nitrogens with one attached hydrogen (secondary N) is 1. The van der Waals surface area contributed by atoms with Gasteiger partial charge in [-0.15, -0.1) is 0 Å². The average molecular weight is 429 g/mol.